The molecule has 3 aromatic rings. The third kappa shape index (κ3) is 5.74. The number of aromatic nitrogens is 2. The number of pyridine rings is 1. The molecule has 0 aliphatic heterocycles. The normalized spacial score (nSPS) is 12.0. The van der Waals surface area contributed by atoms with Crippen molar-refractivity contribution in [2.24, 2.45) is 4.99 Å². The smallest absolute Gasteiger partial charge is 0.306 e. The summed E-state index contributed by atoms with van der Waals surface area (Å²) in [5.74, 6) is -1.14. The minimum absolute atomic E-state index is 0.0775. The Morgan fingerprint density at radius 3 is 2.55 bits per heavy atom. The van der Waals surface area contributed by atoms with Crippen LogP contribution in [0.1, 0.15) is 37.5 Å². The molecule has 160 valence electrons. The summed E-state index contributed by atoms with van der Waals surface area (Å²) in [7, 11) is 0. The summed E-state index contributed by atoms with van der Waals surface area (Å²) < 4.78 is 38.8. The topological polar surface area (TPSA) is 84.3 Å². The molecule has 0 saturated carbocycles. The molecule has 0 unspecified atom stereocenters. The fourth-order valence-electron chi connectivity index (χ4n) is 2.42. The van der Waals surface area contributed by atoms with Gasteiger partial charge in [0, 0.05) is 11.8 Å². The Labute approximate surface area is 183 Å². The van der Waals surface area contributed by atoms with E-state index in [0.29, 0.717) is 22.3 Å². The minimum atomic E-state index is -4.68. The van der Waals surface area contributed by atoms with Gasteiger partial charge in [0.05, 0.1) is 22.5 Å². The zero-order chi connectivity index (χ0) is 22.6. The Balaban J connectivity index is 1.69. The summed E-state index contributed by atoms with van der Waals surface area (Å²) >= 11 is 6.51. The number of nitrogens with one attached hydrogen (secondary N) is 1. The van der Waals surface area contributed by atoms with Crippen LogP contribution in [0.3, 0.4) is 0 Å². The number of nitrogens with zero attached hydrogens (tertiary/aromatic N) is 3. The summed E-state index contributed by atoms with van der Waals surface area (Å²) in [6.07, 6.45) is -2.59. The van der Waals surface area contributed by atoms with Crippen LogP contribution in [0.5, 0.6) is 0 Å². The molecule has 31 heavy (non-hydrogen) atoms. The number of amides is 1. The highest BCUT2D eigenvalue weighted by molar-refractivity contribution is 7.15. The molecule has 11 heteroatoms. The lowest BCUT2D eigenvalue weighted by molar-refractivity contribution is -0.137. The molecule has 0 atom stereocenters. The summed E-state index contributed by atoms with van der Waals surface area (Å²) in [4.78, 5) is 36.6. The highest BCUT2D eigenvalue weighted by Gasteiger charge is 2.34. The molecule has 0 aliphatic carbocycles. The fraction of sp³-hybridized carbons (Fsp3) is 0.150. The SMILES string of the molecule is CC(=NCC(=O)c1ccccc1)c1ncc(C(=O)Nc2cc(C(F)(F)F)c(Cl)cn2)s1. The molecule has 0 bridgehead atoms. The number of benzene rings is 1. The number of Topliss-reactive ketones (excluding diaryl/α,β-unsaturated/α-hetero) is 1. The zero-order valence-electron chi connectivity index (χ0n) is 15.9. The molecular weight excluding hydrogens is 453 g/mol. The molecule has 0 radical (unpaired) electrons. The highest BCUT2D eigenvalue weighted by Crippen LogP contribution is 2.35. The molecule has 1 N–H and O–H groups in total. The zero-order valence-corrected chi connectivity index (χ0v) is 17.5. The van der Waals surface area contributed by atoms with Crippen molar-refractivity contribution in [3.63, 3.8) is 0 Å². The van der Waals surface area contributed by atoms with Gasteiger partial charge in [-0.05, 0) is 13.0 Å². The number of carbonyl (C=O) groups excluding carboxylic acids is 2. The third-order valence-corrected chi connectivity index (χ3v) is 5.40. The monoisotopic (exact) mass is 466 g/mol. The lowest BCUT2D eigenvalue weighted by Gasteiger charge is -2.10. The molecule has 6 nitrogen and oxygen atoms in total. The Morgan fingerprint density at radius 2 is 1.87 bits per heavy atom. The second kappa shape index (κ2) is 9.36. The lowest BCUT2D eigenvalue weighted by Crippen LogP contribution is -2.13. The number of thiazole rings is 1. The van der Waals surface area contributed by atoms with Crippen LogP contribution in [0.15, 0.2) is 53.8 Å². The van der Waals surface area contributed by atoms with Crippen LogP contribution >= 0.6 is 22.9 Å². The van der Waals surface area contributed by atoms with E-state index in [9.17, 15) is 22.8 Å². The lowest BCUT2D eigenvalue weighted by atomic mass is 10.1. The summed E-state index contributed by atoms with van der Waals surface area (Å²) in [5.41, 5.74) is -0.111. The summed E-state index contributed by atoms with van der Waals surface area (Å²) in [6.45, 7) is 1.57. The molecule has 0 saturated heterocycles. The molecule has 0 spiro atoms. The maximum absolute atomic E-state index is 12.9. The number of alkyl halides is 3. The first-order valence-electron chi connectivity index (χ1n) is 8.74. The van der Waals surface area contributed by atoms with Gasteiger partial charge in [-0.15, -0.1) is 11.3 Å². The first-order valence-corrected chi connectivity index (χ1v) is 9.94. The maximum atomic E-state index is 12.9. The largest absolute Gasteiger partial charge is 0.418 e. The van der Waals surface area contributed by atoms with E-state index < -0.39 is 22.7 Å². The predicted molar refractivity (Wildman–Crippen MR) is 112 cm³/mol. The van der Waals surface area contributed by atoms with Gasteiger partial charge in [0.2, 0.25) is 0 Å². The molecule has 2 heterocycles. The van der Waals surface area contributed by atoms with Crippen molar-refractivity contribution in [1.29, 1.82) is 0 Å². The Kier molecular flexibility index (Phi) is 6.81. The molecule has 0 fully saturated rings. The van der Waals surface area contributed by atoms with Crippen molar-refractivity contribution in [2.75, 3.05) is 11.9 Å². The first-order chi connectivity index (χ1) is 14.6. The van der Waals surface area contributed by atoms with Gasteiger partial charge in [0.15, 0.2) is 5.78 Å². The van der Waals surface area contributed by atoms with Crippen LogP contribution in [-0.2, 0) is 6.18 Å². The minimum Gasteiger partial charge on any atom is -0.306 e. The Morgan fingerprint density at radius 1 is 1.16 bits per heavy atom. The van der Waals surface area contributed by atoms with Gasteiger partial charge < -0.3 is 5.32 Å². The average molecular weight is 467 g/mol. The van der Waals surface area contributed by atoms with Crippen LogP contribution in [0, 0.1) is 0 Å². The van der Waals surface area contributed by atoms with E-state index in [1.54, 1.807) is 37.3 Å². The van der Waals surface area contributed by atoms with E-state index in [0.717, 1.165) is 17.5 Å². The predicted octanol–water partition coefficient (Wildman–Crippen LogP) is 5.15. The van der Waals surface area contributed by atoms with Crippen LogP contribution in [0.2, 0.25) is 5.02 Å². The van der Waals surface area contributed by atoms with Gasteiger partial charge in [-0.2, -0.15) is 13.2 Å². The van der Waals surface area contributed by atoms with Gasteiger partial charge >= 0.3 is 6.18 Å². The van der Waals surface area contributed by atoms with E-state index in [4.69, 9.17) is 11.6 Å². The number of hydrogen-bond donors (Lipinski definition) is 1. The molecule has 1 amide bonds. The molecule has 2 aromatic heterocycles. The number of rotatable bonds is 6. The van der Waals surface area contributed by atoms with E-state index in [2.05, 4.69) is 20.3 Å². The van der Waals surface area contributed by atoms with Crippen LogP contribution in [-0.4, -0.2) is 33.9 Å². The Hall–Kier alpha value is -3.11. The van der Waals surface area contributed by atoms with Crippen LogP contribution in [0.4, 0.5) is 19.0 Å². The number of halogens is 4. The van der Waals surface area contributed by atoms with Gasteiger partial charge in [0.1, 0.15) is 22.2 Å². The number of carbonyl (C=O) groups is 2. The highest BCUT2D eigenvalue weighted by atomic mass is 35.5. The molecule has 1 aromatic carbocycles. The second-order valence-corrected chi connectivity index (χ2v) is 7.66. The van der Waals surface area contributed by atoms with Crippen LogP contribution in [0.25, 0.3) is 0 Å². The first kappa shape index (κ1) is 22.6. The second-order valence-electron chi connectivity index (χ2n) is 6.22. The van der Waals surface area contributed by atoms with E-state index >= 15 is 0 Å². The van der Waals surface area contributed by atoms with Crippen molar-refractivity contribution >= 4 is 46.2 Å². The van der Waals surface area contributed by atoms with E-state index in [-0.39, 0.29) is 23.0 Å². The average Bonchev–Trinajstić information content (AvgIpc) is 3.23. The van der Waals surface area contributed by atoms with Crippen LogP contribution < -0.4 is 5.32 Å². The van der Waals surface area contributed by atoms with Gasteiger partial charge in [-0.1, -0.05) is 41.9 Å². The summed E-state index contributed by atoms with van der Waals surface area (Å²) in [6, 6.07) is 9.34. The Bertz CT molecular complexity index is 1150. The molecule has 0 aliphatic rings. The van der Waals surface area contributed by atoms with E-state index in [1.165, 1.54) is 6.20 Å². The third-order valence-electron chi connectivity index (χ3n) is 4.00. The van der Waals surface area contributed by atoms with Crippen molar-refractivity contribution in [3.8, 4) is 0 Å². The van der Waals surface area contributed by atoms with Gasteiger partial charge in [0.25, 0.3) is 5.91 Å². The summed E-state index contributed by atoms with van der Waals surface area (Å²) in [5, 5.41) is 2.13. The number of ketones is 1. The molecular formula is C20H14ClF3N4O2S. The molecule has 3 rings (SSSR count). The van der Waals surface area contributed by atoms with Crippen molar-refractivity contribution in [3.05, 3.63) is 74.8 Å². The fourth-order valence-corrected chi connectivity index (χ4v) is 3.41. The van der Waals surface area contributed by atoms with Crippen molar-refractivity contribution in [1.82, 2.24) is 9.97 Å². The number of aliphatic imine (C=N–C) groups is 1. The van der Waals surface area contributed by atoms with Crippen molar-refractivity contribution < 1.29 is 22.8 Å². The standard InChI is InChI=1S/C20H14ClF3N4O2S/c1-11(25-9-15(29)12-5-3-2-4-6-12)19-27-10-16(31-19)18(30)28-17-7-13(20(22,23)24)14(21)8-26-17/h2-8,10H,9H2,1H3,(H,26,28,30). The number of hydrogen-bond acceptors (Lipinski definition) is 6. The van der Waals surface area contributed by atoms with Gasteiger partial charge in [-0.25, -0.2) is 9.97 Å². The quantitative estimate of drug-likeness (QED) is 0.402. The van der Waals surface area contributed by atoms with E-state index in [1.807, 2.05) is 0 Å². The van der Waals surface area contributed by atoms with Gasteiger partial charge in [-0.3, -0.25) is 14.6 Å². The number of anilines is 1. The maximum Gasteiger partial charge on any atom is 0.418 e. The van der Waals surface area contributed by atoms with Crippen molar-refractivity contribution in [2.45, 2.75) is 13.1 Å².